The van der Waals surface area contributed by atoms with Gasteiger partial charge in [0.05, 0.1) is 31.5 Å². The summed E-state index contributed by atoms with van der Waals surface area (Å²) in [5.41, 5.74) is 4.17. The van der Waals surface area contributed by atoms with E-state index in [9.17, 15) is 18.0 Å². The second-order valence-corrected chi connectivity index (χ2v) is 10.9. The zero-order valence-electron chi connectivity index (χ0n) is 24.2. The molecule has 44 heavy (non-hydrogen) atoms. The highest BCUT2D eigenvalue weighted by molar-refractivity contribution is 5.95. The first-order chi connectivity index (χ1) is 21.1. The maximum absolute atomic E-state index is 15.4. The molecular formula is C30H31F4N7O3. The summed E-state index contributed by atoms with van der Waals surface area (Å²) in [5.74, 6) is -2.93. The zero-order chi connectivity index (χ0) is 31.0. The smallest absolute Gasteiger partial charge is 0.453 e. The first-order valence-corrected chi connectivity index (χ1v) is 14.2. The average molecular weight is 614 g/mol. The number of nitrogens with zero attached hydrogens (tertiary/aromatic N) is 6. The molecule has 14 heteroatoms. The molecule has 10 nitrogen and oxygen atoms in total. The van der Waals surface area contributed by atoms with E-state index < -0.39 is 23.7 Å². The molecule has 3 heterocycles. The van der Waals surface area contributed by atoms with Crippen LogP contribution in [0.4, 0.5) is 17.6 Å². The van der Waals surface area contributed by atoms with Gasteiger partial charge < -0.3 is 14.8 Å². The summed E-state index contributed by atoms with van der Waals surface area (Å²) in [6, 6.07) is 9.73. The lowest BCUT2D eigenvalue weighted by Gasteiger charge is -2.29. The number of hydrogen-bond donors (Lipinski definition) is 1. The number of fused-ring (bicyclic) bond motifs is 1. The largest absolute Gasteiger partial charge is 0.494 e. The Balaban J connectivity index is 1.21. The van der Waals surface area contributed by atoms with Crippen molar-refractivity contribution in [1.29, 1.82) is 0 Å². The molecule has 0 atom stereocenters. The SMILES string of the molecule is COCc1nn(Cc2ccc3c(c2)CN(C2CC2)CC3)cc1C(=O)NCc1c(-n2cnc(C(F)(F)F)n2)ccc(OC)c1F. The molecular weight excluding hydrogens is 582 g/mol. The van der Waals surface area contributed by atoms with Crippen LogP contribution in [0, 0.1) is 5.82 Å². The molecule has 1 aliphatic heterocycles. The number of rotatable bonds is 10. The first-order valence-electron chi connectivity index (χ1n) is 14.2. The van der Waals surface area contributed by atoms with Gasteiger partial charge in [-0.15, -0.1) is 5.10 Å². The molecule has 2 aromatic carbocycles. The van der Waals surface area contributed by atoms with Gasteiger partial charge in [0.2, 0.25) is 0 Å². The lowest BCUT2D eigenvalue weighted by atomic mass is 9.97. The molecule has 0 saturated heterocycles. The Bertz CT molecular complexity index is 1680. The summed E-state index contributed by atoms with van der Waals surface area (Å²) < 4.78 is 67.5. The van der Waals surface area contributed by atoms with Crippen LogP contribution >= 0.6 is 0 Å². The van der Waals surface area contributed by atoms with E-state index >= 15 is 4.39 Å². The van der Waals surface area contributed by atoms with E-state index in [2.05, 4.69) is 43.6 Å². The summed E-state index contributed by atoms with van der Waals surface area (Å²) in [6.07, 6.45) is 1.22. The van der Waals surface area contributed by atoms with Gasteiger partial charge in [0, 0.05) is 44.5 Å². The number of methoxy groups -OCH3 is 2. The molecule has 1 saturated carbocycles. The number of amides is 1. The highest BCUT2D eigenvalue weighted by Gasteiger charge is 2.36. The van der Waals surface area contributed by atoms with Gasteiger partial charge in [-0.05, 0) is 48.1 Å². The normalized spacial score (nSPS) is 15.3. The van der Waals surface area contributed by atoms with Crippen molar-refractivity contribution in [3.63, 3.8) is 0 Å². The van der Waals surface area contributed by atoms with E-state index in [4.69, 9.17) is 9.47 Å². The van der Waals surface area contributed by atoms with Crippen molar-refractivity contribution >= 4 is 5.91 Å². The van der Waals surface area contributed by atoms with Gasteiger partial charge in [0.1, 0.15) is 12.0 Å². The molecule has 1 fully saturated rings. The van der Waals surface area contributed by atoms with E-state index in [0.29, 0.717) is 18.3 Å². The van der Waals surface area contributed by atoms with Crippen LogP contribution in [0.25, 0.3) is 5.69 Å². The number of ether oxygens (including phenoxy) is 2. The number of carbonyl (C=O) groups excluding carboxylic acids is 1. The van der Waals surface area contributed by atoms with E-state index in [1.807, 2.05) is 0 Å². The number of halogens is 4. The molecule has 2 aromatic heterocycles. The second kappa shape index (κ2) is 12.0. The van der Waals surface area contributed by atoms with Gasteiger partial charge in [-0.2, -0.15) is 18.3 Å². The van der Waals surface area contributed by atoms with E-state index in [-0.39, 0.29) is 35.7 Å². The van der Waals surface area contributed by atoms with Gasteiger partial charge >= 0.3 is 6.18 Å². The molecule has 0 radical (unpaired) electrons. The lowest BCUT2D eigenvalue weighted by molar-refractivity contribution is -0.144. The van der Waals surface area contributed by atoms with Gasteiger partial charge in [0.25, 0.3) is 11.7 Å². The van der Waals surface area contributed by atoms with Gasteiger partial charge in [-0.25, -0.2) is 14.1 Å². The monoisotopic (exact) mass is 613 g/mol. The fraction of sp³-hybridized carbons (Fsp3) is 0.400. The molecule has 0 spiro atoms. The third-order valence-electron chi connectivity index (χ3n) is 7.91. The van der Waals surface area contributed by atoms with Crippen LogP contribution in [0.1, 0.15) is 57.0 Å². The average Bonchev–Trinajstić information content (AvgIpc) is 3.59. The Morgan fingerprint density at radius 3 is 2.64 bits per heavy atom. The number of aromatic nitrogens is 5. The predicted molar refractivity (Wildman–Crippen MR) is 150 cm³/mol. The van der Waals surface area contributed by atoms with Crippen LogP contribution in [0.2, 0.25) is 0 Å². The fourth-order valence-corrected chi connectivity index (χ4v) is 5.55. The molecule has 4 aromatic rings. The quantitative estimate of drug-likeness (QED) is 0.267. The van der Waals surface area contributed by atoms with E-state index in [0.717, 1.165) is 36.1 Å². The number of nitrogens with one attached hydrogen (secondary N) is 1. The summed E-state index contributed by atoms with van der Waals surface area (Å²) in [6.45, 7) is 2.14. The molecule has 0 bridgehead atoms. The second-order valence-electron chi connectivity index (χ2n) is 10.9. The lowest BCUT2D eigenvalue weighted by Crippen LogP contribution is -2.32. The van der Waals surface area contributed by atoms with Crippen molar-refractivity contribution in [2.45, 2.75) is 57.7 Å². The van der Waals surface area contributed by atoms with Gasteiger partial charge in [0.15, 0.2) is 11.6 Å². The Morgan fingerprint density at radius 1 is 1.11 bits per heavy atom. The van der Waals surface area contributed by atoms with Crippen LogP contribution in [0.15, 0.2) is 42.9 Å². The first kappa shape index (κ1) is 29.8. The van der Waals surface area contributed by atoms with E-state index in [1.165, 1.54) is 50.3 Å². The highest BCUT2D eigenvalue weighted by Crippen LogP contribution is 2.32. The van der Waals surface area contributed by atoms with Crippen molar-refractivity contribution in [2.24, 2.45) is 0 Å². The van der Waals surface area contributed by atoms with Crippen LogP contribution in [-0.2, 0) is 43.6 Å². The minimum Gasteiger partial charge on any atom is -0.494 e. The zero-order valence-corrected chi connectivity index (χ0v) is 24.2. The van der Waals surface area contributed by atoms with Gasteiger partial charge in [-0.3, -0.25) is 14.4 Å². The summed E-state index contributed by atoms with van der Waals surface area (Å²) in [5, 5.41) is 10.7. The Morgan fingerprint density at radius 2 is 1.93 bits per heavy atom. The molecule has 1 N–H and O–H groups in total. The Kier molecular flexibility index (Phi) is 8.12. The van der Waals surface area contributed by atoms with Gasteiger partial charge in [-0.1, -0.05) is 18.2 Å². The van der Waals surface area contributed by atoms with Crippen LogP contribution < -0.4 is 10.1 Å². The topological polar surface area (TPSA) is 99.3 Å². The summed E-state index contributed by atoms with van der Waals surface area (Å²) in [4.78, 5) is 19.2. The molecule has 1 aliphatic carbocycles. The fourth-order valence-electron chi connectivity index (χ4n) is 5.55. The Hall–Kier alpha value is -4.30. The molecule has 0 unspecified atom stereocenters. The predicted octanol–water partition coefficient (Wildman–Crippen LogP) is 4.28. The number of alkyl halides is 3. The Labute approximate surface area is 250 Å². The standard InChI is InChI=1S/C30H31F4N7O3/c1-43-16-24-23(15-40(37-24)13-18-3-4-19-9-10-39(21-5-6-21)14-20(19)11-18)28(42)35-12-22-25(7-8-26(44-2)27(22)31)41-17-36-29(38-41)30(32,33)34/h3-4,7-8,11,15,17,21H,5-6,9-10,12-14,16H2,1-2H3,(H,35,42). The van der Waals surface area contributed by atoms with Crippen molar-refractivity contribution in [2.75, 3.05) is 20.8 Å². The van der Waals surface area contributed by atoms with E-state index in [1.54, 1.807) is 10.9 Å². The van der Waals surface area contributed by atoms with Crippen LogP contribution in [-0.4, -0.2) is 62.2 Å². The van der Waals surface area contributed by atoms with Crippen molar-refractivity contribution in [3.8, 4) is 11.4 Å². The van der Waals surface area contributed by atoms with Crippen LogP contribution in [0.3, 0.4) is 0 Å². The highest BCUT2D eigenvalue weighted by atomic mass is 19.4. The van der Waals surface area contributed by atoms with Crippen molar-refractivity contribution in [3.05, 3.63) is 88.0 Å². The molecule has 232 valence electrons. The molecule has 1 amide bonds. The number of benzene rings is 2. The maximum atomic E-state index is 15.4. The third-order valence-corrected chi connectivity index (χ3v) is 7.91. The summed E-state index contributed by atoms with van der Waals surface area (Å²) >= 11 is 0. The molecule has 2 aliphatic rings. The van der Waals surface area contributed by atoms with Crippen LogP contribution in [0.5, 0.6) is 5.75 Å². The van der Waals surface area contributed by atoms with Crippen molar-refractivity contribution in [1.82, 2.24) is 34.8 Å². The minimum atomic E-state index is -4.78. The van der Waals surface area contributed by atoms with Crippen molar-refractivity contribution < 1.29 is 31.8 Å². The maximum Gasteiger partial charge on any atom is 0.453 e. The summed E-state index contributed by atoms with van der Waals surface area (Å²) in [7, 11) is 2.75. The minimum absolute atomic E-state index is 0.0351. The number of hydrogen-bond acceptors (Lipinski definition) is 7. The molecule has 6 rings (SSSR count). The third kappa shape index (κ3) is 6.17. The number of carbonyl (C=O) groups is 1.